The highest BCUT2D eigenvalue weighted by atomic mass is 32.2. The molecule has 0 unspecified atom stereocenters. The number of hydrogen-bond donors (Lipinski definition) is 3. The maximum atomic E-state index is 12.9. The number of hydrogen-bond acceptors (Lipinski definition) is 6. The number of thiophene rings is 1. The average Bonchev–Trinajstić information content (AvgIpc) is 3.33. The first-order valence-corrected chi connectivity index (χ1v) is 12.9. The van der Waals surface area contributed by atoms with Gasteiger partial charge >= 0.3 is 0 Å². The summed E-state index contributed by atoms with van der Waals surface area (Å²) in [7, 11) is -3.87. The van der Waals surface area contributed by atoms with E-state index in [2.05, 4.69) is 10.0 Å². The smallest absolute Gasteiger partial charge is 0.251 e. The molecule has 1 aliphatic heterocycles. The zero-order valence-electron chi connectivity index (χ0n) is 18.3. The van der Waals surface area contributed by atoms with Crippen LogP contribution in [-0.2, 0) is 16.4 Å². The molecule has 0 aliphatic carbocycles. The lowest BCUT2D eigenvalue weighted by Crippen LogP contribution is -2.53. The van der Waals surface area contributed by atoms with Crippen LogP contribution in [-0.4, -0.2) is 37.7 Å². The number of amides is 1. The number of nitrogens with one attached hydrogen (secondary N) is 2. The first-order chi connectivity index (χ1) is 15.7. The maximum absolute atomic E-state index is 12.9. The lowest BCUT2D eigenvalue weighted by molar-refractivity contribution is -0.0603. The molecule has 1 aromatic heterocycles. The van der Waals surface area contributed by atoms with Gasteiger partial charge in [0.1, 0.15) is 21.7 Å². The largest absolute Gasteiger partial charge is 0.485 e. The van der Waals surface area contributed by atoms with Crippen molar-refractivity contribution in [2.45, 2.75) is 42.2 Å². The lowest BCUT2D eigenvalue weighted by Gasteiger charge is -2.42. The normalized spacial score (nSPS) is 19.4. The average molecular weight is 487 g/mol. The van der Waals surface area contributed by atoms with Crippen LogP contribution in [0.1, 0.15) is 41.4 Å². The molecule has 4 rings (SSSR count). The van der Waals surface area contributed by atoms with E-state index >= 15 is 0 Å². The molecule has 33 heavy (non-hydrogen) atoms. The zero-order valence-corrected chi connectivity index (χ0v) is 19.9. The van der Waals surface area contributed by atoms with Gasteiger partial charge in [0, 0.05) is 17.7 Å². The predicted molar refractivity (Wildman–Crippen MR) is 127 cm³/mol. The van der Waals surface area contributed by atoms with Gasteiger partial charge < -0.3 is 15.2 Å². The molecule has 9 heteroatoms. The van der Waals surface area contributed by atoms with Crippen LogP contribution in [0.25, 0.3) is 0 Å². The van der Waals surface area contributed by atoms with E-state index in [9.17, 15) is 18.3 Å². The summed E-state index contributed by atoms with van der Waals surface area (Å²) < 4.78 is 34.5. The zero-order chi connectivity index (χ0) is 23.6. The molecule has 0 saturated heterocycles. The van der Waals surface area contributed by atoms with Gasteiger partial charge in [-0.05, 0) is 55.5 Å². The Balaban J connectivity index is 1.57. The van der Waals surface area contributed by atoms with Gasteiger partial charge in [-0.15, -0.1) is 11.3 Å². The number of sulfonamides is 1. The van der Waals surface area contributed by atoms with E-state index in [4.69, 9.17) is 4.74 Å². The van der Waals surface area contributed by atoms with Gasteiger partial charge in [0.25, 0.3) is 15.9 Å². The van der Waals surface area contributed by atoms with Crippen molar-refractivity contribution in [3.63, 3.8) is 0 Å². The summed E-state index contributed by atoms with van der Waals surface area (Å²) in [5, 5.41) is 15.5. The van der Waals surface area contributed by atoms with Crippen molar-refractivity contribution in [1.29, 1.82) is 0 Å². The molecule has 0 saturated carbocycles. The molecular weight excluding hydrogens is 460 g/mol. The summed E-state index contributed by atoms with van der Waals surface area (Å²) in [6.45, 7) is 3.84. The van der Waals surface area contributed by atoms with Crippen LogP contribution in [0, 0.1) is 0 Å². The minimum Gasteiger partial charge on any atom is -0.485 e. The lowest BCUT2D eigenvalue weighted by atomic mass is 9.86. The van der Waals surface area contributed by atoms with E-state index in [0.717, 1.165) is 16.9 Å². The number of benzene rings is 2. The fourth-order valence-electron chi connectivity index (χ4n) is 3.78. The van der Waals surface area contributed by atoms with Crippen molar-refractivity contribution in [3.8, 4) is 5.75 Å². The number of aliphatic hydroxyl groups is 1. The van der Waals surface area contributed by atoms with Gasteiger partial charge in [0.15, 0.2) is 0 Å². The van der Waals surface area contributed by atoms with E-state index in [-0.39, 0.29) is 10.1 Å². The number of carbonyl (C=O) groups is 1. The van der Waals surface area contributed by atoms with Crippen LogP contribution >= 0.6 is 11.3 Å². The summed E-state index contributed by atoms with van der Waals surface area (Å²) in [6.07, 6.45) is -0.479. The molecule has 1 aliphatic rings. The predicted octanol–water partition coefficient (Wildman–Crippen LogP) is 3.27. The van der Waals surface area contributed by atoms with Crippen LogP contribution in [0.5, 0.6) is 5.75 Å². The number of ether oxygens (including phenoxy) is 1. The molecule has 174 valence electrons. The summed E-state index contributed by atoms with van der Waals surface area (Å²) in [5.41, 5.74) is 0.857. The topological polar surface area (TPSA) is 105 Å². The highest BCUT2D eigenvalue weighted by Crippen LogP contribution is 2.41. The minimum absolute atomic E-state index is 0.148. The van der Waals surface area contributed by atoms with Crippen LogP contribution in [0.3, 0.4) is 0 Å². The highest BCUT2D eigenvalue weighted by molar-refractivity contribution is 7.91. The maximum Gasteiger partial charge on any atom is 0.251 e. The Kier molecular flexibility index (Phi) is 6.58. The van der Waals surface area contributed by atoms with Crippen molar-refractivity contribution in [2.75, 3.05) is 6.54 Å². The molecule has 7 nitrogen and oxygen atoms in total. The molecule has 3 N–H and O–H groups in total. The standard InChI is InChI=1S/C24H26N2O5S2/c1-24(2)22(27)21(26-33(29,30)20-9-6-14-32-20)18-15-17(10-11-19(18)31-24)23(28)25-13-12-16-7-4-3-5-8-16/h3-11,14-15,21-22,26-27H,12-13H2,1-2H3,(H,25,28)/t21-,22+/m1/s1. The van der Waals surface area contributed by atoms with E-state index in [1.165, 1.54) is 6.07 Å². The second-order valence-electron chi connectivity index (χ2n) is 8.43. The molecule has 2 aromatic carbocycles. The van der Waals surface area contributed by atoms with Gasteiger partial charge in [-0.25, -0.2) is 13.1 Å². The Morgan fingerprint density at radius 1 is 1.12 bits per heavy atom. The molecule has 3 aromatic rings. The van der Waals surface area contributed by atoms with Gasteiger partial charge in [-0.2, -0.15) is 0 Å². The van der Waals surface area contributed by atoms with Gasteiger partial charge in [-0.3, -0.25) is 4.79 Å². The van der Waals surface area contributed by atoms with Crippen LogP contribution in [0.2, 0.25) is 0 Å². The third kappa shape index (κ3) is 5.11. The van der Waals surface area contributed by atoms with Crippen molar-refractivity contribution in [2.24, 2.45) is 0 Å². The van der Waals surface area contributed by atoms with E-state index in [0.29, 0.717) is 29.8 Å². The van der Waals surface area contributed by atoms with E-state index in [1.54, 1.807) is 43.5 Å². The van der Waals surface area contributed by atoms with Crippen molar-refractivity contribution in [1.82, 2.24) is 10.0 Å². The van der Waals surface area contributed by atoms with E-state index in [1.807, 2.05) is 30.3 Å². The Morgan fingerprint density at radius 3 is 2.58 bits per heavy atom. The Labute approximate surface area is 197 Å². The molecule has 0 bridgehead atoms. The first-order valence-electron chi connectivity index (χ1n) is 10.6. The van der Waals surface area contributed by atoms with Crippen LogP contribution < -0.4 is 14.8 Å². The number of rotatable bonds is 7. The number of fused-ring (bicyclic) bond motifs is 1. The molecule has 0 radical (unpaired) electrons. The van der Waals surface area contributed by atoms with Crippen LogP contribution in [0.4, 0.5) is 0 Å². The molecule has 0 spiro atoms. The fourth-order valence-corrected chi connectivity index (χ4v) is 6.01. The SMILES string of the molecule is CC1(C)Oc2ccc(C(=O)NCCc3ccccc3)cc2[C@@H](NS(=O)(=O)c2cccs2)[C@@H]1O. The van der Waals surface area contributed by atoms with E-state index < -0.39 is 27.8 Å². The van der Waals surface area contributed by atoms with Crippen molar-refractivity contribution >= 4 is 27.3 Å². The molecule has 2 atom stereocenters. The number of aliphatic hydroxyl groups excluding tert-OH is 1. The highest BCUT2D eigenvalue weighted by Gasteiger charge is 2.45. The van der Waals surface area contributed by atoms with Crippen molar-refractivity contribution in [3.05, 3.63) is 82.7 Å². The Bertz CT molecular complexity index is 1230. The third-order valence-corrected chi connectivity index (χ3v) is 8.43. The Hall–Kier alpha value is -2.72. The fraction of sp³-hybridized carbons (Fsp3) is 0.292. The first kappa shape index (κ1) is 23.4. The summed E-state index contributed by atoms with van der Waals surface area (Å²) in [5.74, 6) is 0.137. The quantitative estimate of drug-likeness (QED) is 0.475. The summed E-state index contributed by atoms with van der Waals surface area (Å²) in [4.78, 5) is 12.8. The third-order valence-electron chi connectivity index (χ3n) is 5.59. The monoisotopic (exact) mass is 486 g/mol. The second-order valence-corrected chi connectivity index (χ2v) is 11.3. The number of carbonyl (C=O) groups excluding carboxylic acids is 1. The molecule has 1 amide bonds. The van der Waals surface area contributed by atoms with Crippen LogP contribution in [0.15, 0.2) is 70.3 Å². The Morgan fingerprint density at radius 2 is 1.88 bits per heavy atom. The minimum atomic E-state index is -3.87. The van der Waals surface area contributed by atoms with Gasteiger partial charge in [-0.1, -0.05) is 36.4 Å². The molecule has 2 heterocycles. The summed E-state index contributed by atoms with van der Waals surface area (Å²) in [6, 6.07) is 16.9. The van der Waals surface area contributed by atoms with Gasteiger partial charge in [0.2, 0.25) is 0 Å². The van der Waals surface area contributed by atoms with Gasteiger partial charge in [0.05, 0.1) is 6.04 Å². The summed E-state index contributed by atoms with van der Waals surface area (Å²) >= 11 is 1.09. The second kappa shape index (κ2) is 9.26. The molecule has 0 fully saturated rings. The molecular formula is C24H26N2O5S2. The van der Waals surface area contributed by atoms with Crippen molar-refractivity contribution < 1.29 is 23.1 Å².